The summed E-state index contributed by atoms with van der Waals surface area (Å²) in [6.45, 7) is 4.51. The summed E-state index contributed by atoms with van der Waals surface area (Å²) in [5.74, 6) is 0. The number of nitrogens with zero attached hydrogens (tertiary/aromatic N) is 1. The van der Waals surface area contributed by atoms with Gasteiger partial charge in [0.25, 0.3) is 0 Å². The van der Waals surface area contributed by atoms with Gasteiger partial charge >= 0.3 is 6.18 Å². The highest BCUT2D eigenvalue weighted by Gasteiger charge is 2.36. The Kier molecular flexibility index (Phi) is 6.78. The molecule has 0 radical (unpaired) electrons. The highest BCUT2D eigenvalue weighted by atomic mass is 35.5. The second-order valence-electron chi connectivity index (χ2n) is 5.13. The first-order valence-corrected chi connectivity index (χ1v) is 7.02. The van der Waals surface area contributed by atoms with Crippen molar-refractivity contribution in [3.63, 3.8) is 0 Å². The van der Waals surface area contributed by atoms with Crippen LogP contribution in [0, 0.1) is 6.92 Å². The second-order valence-corrected chi connectivity index (χ2v) is 5.54. The molecule has 1 atom stereocenters. The largest absolute Gasteiger partial charge is 0.390 e. The molecule has 0 spiro atoms. The lowest BCUT2D eigenvalue weighted by Gasteiger charge is -2.35. The molecule has 0 aromatic heterocycles. The minimum Gasteiger partial charge on any atom is -0.314 e. The summed E-state index contributed by atoms with van der Waals surface area (Å²) in [5, 5.41) is 3.67. The molecule has 2 rings (SSSR count). The molecule has 120 valence electrons. The van der Waals surface area contributed by atoms with E-state index in [1.54, 1.807) is 18.2 Å². The zero-order valence-electron chi connectivity index (χ0n) is 11.7. The van der Waals surface area contributed by atoms with E-state index in [0.29, 0.717) is 36.8 Å². The molecular weight excluding hydrogens is 324 g/mol. The number of hydrogen-bond donors (Lipinski definition) is 1. The van der Waals surface area contributed by atoms with Crippen LogP contribution in [0.5, 0.6) is 0 Å². The second kappa shape index (κ2) is 7.68. The molecule has 21 heavy (non-hydrogen) atoms. The van der Waals surface area contributed by atoms with Crippen LogP contribution in [0.1, 0.15) is 23.6 Å². The molecule has 0 saturated carbocycles. The summed E-state index contributed by atoms with van der Waals surface area (Å²) in [7, 11) is 0. The van der Waals surface area contributed by atoms with Crippen LogP contribution in [0.25, 0.3) is 0 Å². The number of hydrogen-bond acceptors (Lipinski definition) is 2. The van der Waals surface area contributed by atoms with E-state index in [4.69, 9.17) is 11.6 Å². The van der Waals surface area contributed by atoms with Gasteiger partial charge in [0.1, 0.15) is 0 Å². The third-order valence-corrected chi connectivity index (χ3v) is 4.01. The predicted molar refractivity (Wildman–Crippen MR) is 81.3 cm³/mol. The minimum atomic E-state index is -4.19. The van der Waals surface area contributed by atoms with Crippen molar-refractivity contribution in [3.05, 3.63) is 34.3 Å². The van der Waals surface area contributed by atoms with Crippen LogP contribution in [0.2, 0.25) is 5.02 Å². The lowest BCUT2D eigenvalue weighted by molar-refractivity contribution is -0.148. The lowest BCUT2D eigenvalue weighted by Crippen LogP contribution is -2.46. The van der Waals surface area contributed by atoms with E-state index < -0.39 is 18.6 Å². The maximum atomic E-state index is 12.9. The highest BCUT2D eigenvalue weighted by molar-refractivity contribution is 6.31. The fraction of sp³-hybridized carbons (Fsp3) is 0.571. The van der Waals surface area contributed by atoms with Gasteiger partial charge in [-0.1, -0.05) is 23.7 Å². The van der Waals surface area contributed by atoms with E-state index >= 15 is 0 Å². The van der Waals surface area contributed by atoms with E-state index in [2.05, 4.69) is 5.32 Å². The first kappa shape index (κ1) is 18.6. The molecule has 0 unspecified atom stereocenters. The Morgan fingerprint density at radius 1 is 1.29 bits per heavy atom. The van der Waals surface area contributed by atoms with Crippen molar-refractivity contribution in [1.82, 2.24) is 10.2 Å². The number of benzene rings is 1. The number of nitrogens with one attached hydrogen (secondary N) is 1. The molecule has 1 aliphatic heterocycles. The zero-order valence-corrected chi connectivity index (χ0v) is 13.3. The third kappa shape index (κ3) is 5.33. The Morgan fingerprint density at radius 2 is 1.90 bits per heavy atom. The SMILES string of the molecule is Cc1ccc([C@@H](CC(F)(F)F)N2CCNCC2)cc1Cl.Cl. The lowest BCUT2D eigenvalue weighted by atomic mass is 9.99. The maximum Gasteiger partial charge on any atom is 0.390 e. The summed E-state index contributed by atoms with van der Waals surface area (Å²) in [4.78, 5) is 1.88. The van der Waals surface area contributed by atoms with Gasteiger partial charge in [-0.15, -0.1) is 12.4 Å². The summed E-state index contributed by atoms with van der Waals surface area (Å²) in [6, 6.07) is 4.54. The molecule has 7 heteroatoms. The van der Waals surface area contributed by atoms with Crippen molar-refractivity contribution < 1.29 is 13.2 Å². The van der Waals surface area contributed by atoms with Gasteiger partial charge in [0.05, 0.1) is 6.42 Å². The average molecular weight is 343 g/mol. The van der Waals surface area contributed by atoms with Crippen LogP contribution in [0.3, 0.4) is 0 Å². The van der Waals surface area contributed by atoms with E-state index in [1.165, 1.54) is 0 Å². The van der Waals surface area contributed by atoms with Crippen LogP contribution in [-0.4, -0.2) is 37.3 Å². The van der Waals surface area contributed by atoms with Crippen LogP contribution in [-0.2, 0) is 0 Å². The third-order valence-electron chi connectivity index (χ3n) is 3.60. The normalized spacial score (nSPS) is 18.1. The van der Waals surface area contributed by atoms with Gasteiger partial charge in [-0.2, -0.15) is 13.2 Å². The molecule has 2 nitrogen and oxygen atoms in total. The first-order chi connectivity index (χ1) is 9.37. The van der Waals surface area contributed by atoms with Crippen molar-refractivity contribution in [2.24, 2.45) is 0 Å². The molecular formula is C14H19Cl2F3N2. The maximum absolute atomic E-state index is 12.9. The van der Waals surface area contributed by atoms with Gasteiger partial charge in [-0.3, -0.25) is 4.90 Å². The number of aryl methyl sites for hydroxylation is 1. The Balaban J connectivity index is 0.00000220. The smallest absolute Gasteiger partial charge is 0.314 e. The summed E-state index contributed by atoms with van der Waals surface area (Å²) < 4.78 is 38.6. The molecule has 1 aliphatic rings. The molecule has 1 aromatic carbocycles. The fourth-order valence-electron chi connectivity index (χ4n) is 2.49. The van der Waals surface area contributed by atoms with Gasteiger partial charge in [-0.25, -0.2) is 0 Å². The molecule has 1 saturated heterocycles. The Hall–Kier alpha value is -0.490. The van der Waals surface area contributed by atoms with Crippen molar-refractivity contribution in [2.75, 3.05) is 26.2 Å². The van der Waals surface area contributed by atoms with E-state index in [9.17, 15) is 13.2 Å². The van der Waals surface area contributed by atoms with Gasteiger partial charge < -0.3 is 5.32 Å². The number of piperazine rings is 1. The molecule has 1 fully saturated rings. The Labute approximate surface area is 134 Å². The summed E-state index contributed by atoms with van der Waals surface area (Å²) in [5.41, 5.74) is 1.52. The molecule has 1 heterocycles. The number of halogens is 5. The van der Waals surface area contributed by atoms with Crippen LogP contribution >= 0.6 is 24.0 Å². The van der Waals surface area contributed by atoms with Crippen molar-refractivity contribution in [2.45, 2.75) is 25.6 Å². The van der Waals surface area contributed by atoms with Crippen molar-refractivity contribution in [1.29, 1.82) is 0 Å². The van der Waals surface area contributed by atoms with E-state index in [1.807, 2.05) is 11.8 Å². The molecule has 0 aliphatic carbocycles. The summed E-state index contributed by atoms with van der Waals surface area (Å²) >= 11 is 6.06. The molecule has 1 N–H and O–H groups in total. The summed E-state index contributed by atoms with van der Waals surface area (Å²) in [6.07, 6.45) is -5.03. The zero-order chi connectivity index (χ0) is 14.8. The standard InChI is InChI=1S/C14H18ClF3N2.ClH/c1-10-2-3-11(8-12(10)15)13(9-14(16,17)18)20-6-4-19-5-7-20;/h2-3,8,13,19H,4-7,9H2,1H3;1H/t13-;/m1./s1. The number of alkyl halides is 3. The van der Waals surface area contributed by atoms with Gasteiger partial charge in [0, 0.05) is 37.2 Å². The fourth-order valence-corrected chi connectivity index (χ4v) is 2.68. The molecule has 0 bridgehead atoms. The van der Waals surface area contributed by atoms with Crippen LogP contribution < -0.4 is 5.32 Å². The van der Waals surface area contributed by atoms with E-state index in [0.717, 1.165) is 5.56 Å². The van der Waals surface area contributed by atoms with Crippen LogP contribution in [0.15, 0.2) is 18.2 Å². The monoisotopic (exact) mass is 342 g/mol. The highest BCUT2D eigenvalue weighted by Crippen LogP contribution is 2.35. The van der Waals surface area contributed by atoms with Gasteiger partial charge in [0.15, 0.2) is 0 Å². The Bertz CT molecular complexity index is 460. The first-order valence-electron chi connectivity index (χ1n) is 6.64. The topological polar surface area (TPSA) is 15.3 Å². The Morgan fingerprint density at radius 3 is 2.43 bits per heavy atom. The van der Waals surface area contributed by atoms with Crippen molar-refractivity contribution >= 4 is 24.0 Å². The van der Waals surface area contributed by atoms with Crippen LogP contribution in [0.4, 0.5) is 13.2 Å². The molecule has 1 aromatic rings. The van der Waals surface area contributed by atoms with E-state index in [-0.39, 0.29) is 12.4 Å². The van der Waals surface area contributed by atoms with Gasteiger partial charge in [0.2, 0.25) is 0 Å². The predicted octanol–water partition coefficient (Wildman–Crippen LogP) is 3.97. The van der Waals surface area contributed by atoms with Crippen molar-refractivity contribution in [3.8, 4) is 0 Å². The quantitative estimate of drug-likeness (QED) is 0.894. The molecule has 0 amide bonds. The number of rotatable bonds is 3. The van der Waals surface area contributed by atoms with Gasteiger partial charge in [-0.05, 0) is 24.1 Å². The minimum absolute atomic E-state index is 0. The average Bonchev–Trinajstić information content (AvgIpc) is 2.39.